The summed E-state index contributed by atoms with van der Waals surface area (Å²) in [6.45, 7) is 6.36. The highest BCUT2D eigenvalue weighted by molar-refractivity contribution is 4.81. The van der Waals surface area contributed by atoms with E-state index >= 15 is 0 Å². The highest BCUT2D eigenvalue weighted by Gasteiger charge is 2.24. The largest absolute Gasteiger partial charge is 0.389 e. The molecule has 0 radical (unpaired) electrons. The molecule has 3 heteroatoms. The quantitative estimate of drug-likeness (QED) is 0.584. The SMILES string of the molecule is CC(C)(O)CN1CC[C@@H](N)C1. The topological polar surface area (TPSA) is 49.5 Å². The molecule has 1 fully saturated rings. The zero-order valence-corrected chi connectivity index (χ0v) is 7.38. The van der Waals surface area contributed by atoms with Gasteiger partial charge in [-0.15, -0.1) is 0 Å². The summed E-state index contributed by atoms with van der Waals surface area (Å²) in [5, 5.41) is 9.48. The third-order valence-electron chi connectivity index (χ3n) is 1.92. The molecule has 1 heterocycles. The Morgan fingerprint density at radius 3 is 2.64 bits per heavy atom. The van der Waals surface area contributed by atoms with Crippen LogP contribution in [0.1, 0.15) is 20.3 Å². The van der Waals surface area contributed by atoms with Gasteiger partial charge in [0.05, 0.1) is 5.60 Å². The molecule has 3 nitrogen and oxygen atoms in total. The number of hydrogen-bond acceptors (Lipinski definition) is 3. The van der Waals surface area contributed by atoms with Gasteiger partial charge in [-0.2, -0.15) is 0 Å². The first-order chi connectivity index (χ1) is 4.97. The van der Waals surface area contributed by atoms with Crippen LogP contribution >= 0.6 is 0 Å². The molecule has 1 aliphatic rings. The summed E-state index contributed by atoms with van der Waals surface area (Å²) >= 11 is 0. The van der Waals surface area contributed by atoms with Crippen molar-refractivity contribution >= 4 is 0 Å². The molecular weight excluding hydrogens is 140 g/mol. The summed E-state index contributed by atoms with van der Waals surface area (Å²) in [6.07, 6.45) is 1.07. The maximum Gasteiger partial charge on any atom is 0.0718 e. The molecule has 0 saturated carbocycles. The highest BCUT2D eigenvalue weighted by Crippen LogP contribution is 2.11. The van der Waals surface area contributed by atoms with E-state index in [1.807, 2.05) is 13.8 Å². The number of nitrogens with two attached hydrogens (primary N) is 1. The molecule has 0 aromatic carbocycles. The van der Waals surface area contributed by atoms with Crippen LogP contribution in [0.4, 0.5) is 0 Å². The first kappa shape index (κ1) is 8.97. The smallest absolute Gasteiger partial charge is 0.0718 e. The van der Waals surface area contributed by atoms with Crippen molar-refractivity contribution in [1.82, 2.24) is 4.90 Å². The Kier molecular flexibility index (Phi) is 2.52. The zero-order chi connectivity index (χ0) is 8.48. The Morgan fingerprint density at radius 1 is 1.64 bits per heavy atom. The second-order valence-corrected chi connectivity index (χ2v) is 4.10. The summed E-state index contributed by atoms with van der Waals surface area (Å²) in [6, 6.07) is 0.317. The second-order valence-electron chi connectivity index (χ2n) is 4.10. The monoisotopic (exact) mass is 158 g/mol. The Hall–Kier alpha value is -0.120. The standard InChI is InChI=1S/C8H18N2O/c1-8(2,11)6-10-4-3-7(9)5-10/h7,11H,3-6,9H2,1-2H3/t7-/m1/s1. The van der Waals surface area contributed by atoms with Crippen LogP contribution in [-0.2, 0) is 0 Å². The van der Waals surface area contributed by atoms with Gasteiger partial charge in [0, 0.05) is 19.1 Å². The first-order valence-electron chi connectivity index (χ1n) is 4.18. The van der Waals surface area contributed by atoms with Crippen molar-refractivity contribution in [3.63, 3.8) is 0 Å². The van der Waals surface area contributed by atoms with Crippen LogP contribution < -0.4 is 5.73 Å². The predicted octanol–water partition coefficient (Wildman–Crippen LogP) is -0.210. The van der Waals surface area contributed by atoms with E-state index < -0.39 is 5.60 Å². The molecule has 1 rings (SSSR count). The van der Waals surface area contributed by atoms with Crippen molar-refractivity contribution < 1.29 is 5.11 Å². The molecule has 0 bridgehead atoms. The molecule has 66 valence electrons. The van der Waals surface area contributed by atoms with E-state index in [-0.39, 0.29) is 0 Å². The van der Waals surface area contributed by atoms with Crippen LogP contribution in [0.3, 0.4) is 0 Å². The highest BCUT2D eigenvalue weighted by atomic mass is 16.3. The third-order valence-corrected chi connectivity index (χ3v) is 1.92. The van der Waals surface area contributed by atoms with Gasteiger partial charge in [-0.3, -0.25) is 4.90 Å². The van der Waals surface area contributed by atoms with E-state index in [0.29, 0.717) is 6.04 Å². The average molecular weight is 158 g/mol. The van der Waals surface area contributed by atoms with Crippen molar-refractivity contribution in [3.05, 3.63) is 0 Å². The van der Waals surface area contributed by atoms with Gasteiger partial charge in [-0.25, -0.2) is 0 Å². The second kappa shape index (κ2) is 3.09. The lowest BCUT2D eigenvalue weighted by Crippen LogP contribution is -2.38. The fraction of sp³-hybridized carbons (Fsp3) is 1.00. The molecule has 0 aromatic rings. The number of hydrogen-bond donors (Lipinski definition) is 2. The Balaban J connectivity index is 2.29. The lowest BCUT2D eigenvalue weighted by molar-refractivity contribution is 0.0436. The van der Waals surface area contributed by atoms with E-state index in [1.165, 1.54) is 0 Å². The van der Waals surface area contributed by atoms with Gasteiger partial charge in [0.25, 0.3) is 0 Å². The van der Waals surface area contributed by atoms with Crippen LogP contribution in [0, 0.1) is 0 Å². The van der Waals surface area contributed by atoms with Gasteiger partial charge in [-0.05, 0) is 26.8 Å². The van der Waals surface area contributed by atoms with Crippen LogP contribution in [-0.4, -0.2) is 41.3 Å². The van der Waals surface area contributed by atoms with E-state index in [4.69, 9.17) is 5.73 Å². The first-order valence-corrected chi connectivity index (χ1v) is 4.18. The van der Waals surface area contributed by atoms with Gasteiger partial charge in [0.2, 0.25) is 0 Å². The minimum absolute atomic E-state index is 0.317. The van der Waals surface area contributed by atoms with Crippen molar-refractivity contribution in [3.8, 4) is 0 Å². The molecule has 0 spiro atoms. The van der Waals surface area contributed by atoms with Crippen LogP contribution in [0.2, 0.25) is 0 Å². The minimum atomic E-state index is -0.579. The van der Waals surface area contributed by atoms with Gasteiger partial charge < -0.3 is 10.8 Å². The molecule has 1 atom stereocenters. The summed E-state index contributed by atoms with van der Waals surface area (Å²) in [5.41, 5.74) is 5.14. The van der Waals surface area contributed by atoms with Gasteiger partial charge >= 0.3 is 0 Å². The Labute approximate surface area is 68.2 Å². The summed E-state index contributed by atoms with van der Waals surface area (Å²) in [7, 11) is 0. The number of nitrogens with zero attached hydrogens (tertiary/aromatic N) is 1. The molecule has 3 N–H and O–H groups in total. The summed E-state index contributed by atoms with van der Waals surface area (Å²) in [5.74, 6) is 0. The van der Waals surface area contributed by atoms with E-state index in [9.17, 15) is 5.11 Å². The van der Waals surface area contributed by atoms with Crippen molar-refractivity contribution in [2.45, 2.75) is 31.9 Å². The van der Waals surface area contributed by atoms with Gasteiger partial charge in [0.15, 0.2) is 0 Å². The molecule has 0 aromatic heterocycles. The maximum atomic E-state index is 9.48. The lowest BCUT2D eigenvalue weighted by Gasteiger charge is -2.24. The zero-order valence-electron chi connectivity index (χ0n) is 7.38. The maximum absolute atomic E-state index is 9.48. The Morgan fingerprint density at radius 2 is 2.27 bits per heavy atom. The van der Waals surface area contributed by atoms with Crippen LogP contribution in [0.25, 0.3) is 0 Å². The van der Waals surface area contributed by atoms with Crippen LogP contribution in [0.15, 0.2) is 0 Å². The third kappa shape index (κ3) is 3.18. The number of aliphatic hydroxyl groups is 1. The summed E-state index contributed by atoms with van der Waals surface area (Å²) < 4.78 is 0. The van der Waals surface area contributed by atoms with Gasteiger partial charge in [0.1, 0.15) is 0 Å². The fourth-order valence-electron chi connectivity index (χ4n) is 1.55. The molecule has 1 saturated heterocycles. The van der Waals surface area contributed by atoms with E-state index in [0.717, 1.165) is 26.1 Å². The summed E-state index contributed by atoms with van der Waals surface area (Å²) in [4.78, 5) is 2.21. The molecule has 0 amide bonds. The fourth-order valence-corrected chi connectivity index (χ4v) is 1.55. The minimum Gasteiger partial charge on any atom is -0.389 e. The normalized spacial score (nSPS) is 27.8. The molecule has 11 heavy (non-hydrogen) atoms. The number of likely N-dealkylation sites (tertiary alicyclic amines) is 1. The predicted molar refractivity (Wildman–Crippen MR) is 45.3 cm³/mol. The number of β-amino-alcohol motifs (C(OH)–C–C–N with tert-alkyl or cyclic N) is 1. The van der Waals surface area contributed by atoms with Crippen molar-refractivity contribution in [2.75, 3.05) is 19.6 Å². The van der Waals surface area contributed by atoms with Crippen molar-refractivity contribution in [2.24, 2.45) is 5.73 Å². The molecule has 1 aliphatic heterocycles. The average Bonchev–Trinajstić information content (AvgIpc) is 2.10. The molecule has 0 unspecified atom stereocenters. The van der Waals surface area contributed by atoms with Crippen molar-refractivity contribution in [1.29, 1.82) is 0 Å². The number of rotatable bonds is 2. The van der Waals surface area contributed by atoms with Gasteiger partial charge in [-0.1, -0.05) is 0 Å². The molecular formula is C8H18N2O. The van der Waals surface area contributed by atoms with E-state index in [1.54, 1.807) is 0 Å². The Bertz CT molecular complexity index is 131. The van der Waals surface area contributed by atoms with E-state index in [2.05, 4.69) is 4.90 Å². The lowest BCUT2D eigenvalue weighted by atomic mass is 10.1. The molecule has 0 aliphatic carbocycles. The van der Waals surface area contributed by atoms with Crippen LogP contribution in [0.5, 0.6) is 0 Å².